The van der Waals surface area contributed by atoms with Gasteiger partial charge in [-0.2, -0.15) is 10.5 Å². The van der Waals surface area contributed by atoms with Crippen molar-refractivity contribution in [2.24, 2.45) is 0 Å². The largest absolute Gasteiger partial charge is 0.309 e. The molecule has 0 radical (unpaired) electrons. The van der Waals surface area contributed by atoms with Crippen LogP contribution in [-0.4, -0.2) is 9.13 Å². The highest BCUT2D eigenvalue weighted by Crippen LogP contribution is 2.53. The fraction of sp³-hybridized carbons (Fsp3) is 0.0638. The summed E-state index contributed by atoms with van der Waals surface area (Å²) in [5, 5.41) is 24.1. The van der Waals surface area contributed by atoms with E-state index in [1.165, 1.54) is 27.6 Å². The standard InChI is InChI=1S/C47H30N4/c1-47(2)40-15-5-3-13-35(40)37-19-22-44-45(46(37)47)39-24-30(28-49)18-21-43(39)51(44)34-12-8-10-32(26-34)31-9-7-11-33(25-31)50-41-16-6-4-14-36(41)38-23-29(27-48)17-20-42(38)50/h3-26H,1-2H3. The SMILES string of the molecule is CC1(C)c2ccccc2-c2ccc3c(c21)c1cc(C#N)ccc1n3-c1cccc(-c2cccc(-n3c4ccccc4c4cc(C#N)ccc43)c2)c1. The van der Waals surface area contributed by atoms with Gasteiger partial charge in [-0.05, 0) is 106 Å². The molecule has 0 fully saturated rings. The minimum atomic E-state index is -0.196. The van der Waals surface area contributed by atoms with Crippen LogP contribution in [0.5, 0.6) is 0 Å². The molecule has 0 saturated carbocycles. The van der Waals surface area contributed by atoms with E-state index in [0.717, 1.165) is 60.7 Å². The topological polar surface area (TPSA) is 57.4 Å². The summed E-state index contributed by atoms with van der Waals surface area (Å²) in [4.78, 5) is 0. The Hall–Kier alpha value is -6.88. The van der Waals surface area contributed by atoms with Gasteiger partial charge >= 0.3 is 0 Å². The molecule has 10 rings (SSSR count). The van der Waals surface area contributed by atoms with Gasteiger partial charge in [0.25, 0.3) is 0 Å². The van der Waals surface area contributed by atoms with Gasteiger partial charge in [0.15, 0.2) is 0 Å². The Labute approximate surface area is 295 Å². The van der Waals surface area contributed by atoms with Gasteiger partial charge in [-0.1, -0.05) is 86.6 Å². The summed E-state index contributed by atoms with van der Waals surface area (Å²) >= 11 is 0. The molecule has 238 valence electrons. The zero-order valence-electron chi connectivity index (χ0n) is 28.1. The van der Waals surface area contributed by atoms with Crippen LogP contribution < -0.4 is 0 Å². The zero-order chi connectivity index (χ0) is 34.4. The second-order valence-corrected chi connectivity index (χ2v) is 14.0. The van der Waals surface area contributed by atoms with E-state index in [1.54, 1.807) is 0 Å². The lowest BCUT2D eigenvalue weighted by Gasteiger charge is -2.22. The summed E-state index contributed by atoms with van der Waals surface area (Å²) in [6, 6.07) is 55.8. The molecule has 4 nitrogen and oxygen atoms in total. The molecule has 1 aliphatic rings. The van der Waals surface area contributed by atoms with Gasteiger partial charge in [-0.3, -0.25) is 0 Å². The molecule has 1 aliphatic carbocycles. The molecule has 0 N–H and O–H groups in total. The molecule has 2 heterocycles. The van der Waals surface area contributed by atoms with Gasteiger partial charge in [0.05, 0.1) is 45.3 Å². The number of nitriles is 2. The third-order valence-electron chi connectivity index (χ3n) is 10.9. The lowest BCUT2D eigenvalue weighted by atomic mass is 9.80. The normalized spacial score (nSPS) is 13.0. The highest BCUT2D eigenvalue weighted by molar-refractivity contribution is 6.15. The summed E-state index contributed by atoms with van der Waals surface area (Å²) in [6.07, 6.45) is 0. The second-order valence-electron chi connectivity index (χ2n) is 14.0. The molecule has 0 unspecified atom stereocenters. The number of aromatic nitrogens is 2. The van der Waals surface area contributed by atoms with Crippen LogP contribution in [0, 0.1) is 22.7 Å². The van der Waals surface area contributed by atoms with Crippen molar-refractivity contribution in [3.8, 4) is 45.8 Å². The highest BCUT2D eigenvalue weighted by atomic mass is 15.0. The summed E-state index contributed by atoms with van der Waals surface area (Å²) in [5.74, 6) is 0. The zero-order valence-corrected chi connectivity index (χ0v) is 28.1. The first-order valence-corrected chi connectivity index (χ1v) is 17.2. The van der Waals surface area contributed by atoms with E-state index < -0.39 is 0 Å². The Balaban J connectivity index is 1.17. The molecule has 0 bridgehead atoms. The van der Waals surface area contributed by atoms with E-state index in [1.807, 2.05) is 18.2 Å². The molecule has 0 saturated heterocycles. The molecule has 0 spiro atoms. The quantitative estimate of drug-likeness (QED) is 0.191. The van der Waals surface area contributed by atoms with Crippen molar-refractivity contribution in [1.29, 1.82) is 10.5 Å². The number of benzene rings is 7. The van der Waals surface area contributed by atoms with Crippen molar-refractivity contribution in [2.75, 3.05) is 0 Å². The van der Waals surface area contributed by atoms with Gasteiger partial charge in [0, 0.05) is 38.3 Å². The summed E-state index contributed by atoms with van der Waals surface area (Å²) in [7, 11) is 0. The first kappa shape index (κ1) is 29.1. The molecule has 4 heteroatoms. The number of para-hydroxylation sites is 1. The van der Waals surface area contributed by atoms with E-state index in [0.29, 0.717) is 11.1 Å². The molecule has 2 aromatic heterocycles. The van der Waals surface area contributed by atoms with Crippen LogP contribution in [0.1, 0.15) is 36.1 Å². The van der Waals surface area contributed by atoms with Crippen LogP contribution in [0.3, 0.4) is 0 Å². The van der Waals surface area contributed by atoms with E-state index in [4.69, 9.17) is 0 Å². The molecular weight excluding hydrogens is 621 g/mol. The van der Waals surface area contributed by atoms with Gasteiger partial charge in [-0.15, -0.1) is 0 Å². The molecular formula is C47H30N4. The third kappa shape index (κ3) is 4.05. The van der Waals surface area contributed by atoms with Crippen LogP contribution in [0.4, 0.5) is 0 Å². The first-order chi connectivity index (χ1) is 25.0. The number of rotatable bonds is 3. The average Bonchev–Trinajstić information content (AvgIpc) is 3.77. The van der Waals surface area contributed by atoms with E-state index in [9.17, 15) is 10.5 Å². The molecule has 9 aromatic rings. The maximum absolute atomic E-state index is 9.95. The Morgan fingerprint density at radius 3 is 1.75 bits per heavy atom. The van der Waals surface area contributed by atoms with E-state index >= 15 is 0 Å². The predicted octanol–water partition coefficient (Wildman–Crippen LogP) is 11.6. The lowest BCUT2D eigenvalue weighted by molar-refractivity contribution is 0.666. The Morgan fingerprint density at radius 2 is 1.04 bits per heavy atom. The second kappa shape index (κ2) is 10.6. The minimum absolute atomic E-state index is 0.196. The highest BCUT2D eigenvalue weighted by Gasteiger charge is 2.38. The van der Waals surface area contributed by atoms with Crippen LogP contribution in [0.25, 0.3) is 77.2 Å². The lowest BCUT2D eigenvalue weighted by Crippen LogP contribution is -2.15. The van der Waals surface area contributed by atoms with Crippen molar-refractivity contribution in [1.82, 2.24) is 9.13 Å². The van der Waals surface area contributed by atoms with Crippen molar-refractivity contribution >= 4 is 43.6 Å². The van der Waals surface area contributed by atoms with Crippen molar-refractivity contribution < 1.29 is 0 Å². The van der Waals surface area contributed by atoms with Crippen LogP contribution in [0.2, 0.25) is 0 Å². The maximum Gasteiger partial charge on any atom is 0.0991 e. The van der Waals surface area contributed by atoms with E-state index in [-0.39, 0.29) is 5.41 Å². The van der Waals surface area contributed by atoms with Crippen molar-refractivity contribution in [2.45, 2.75) is 19.3 Å². The van der Waals surface area contributed by atoms with Gasteiger partial charge < -0.3 is 9.13 Å². The predicted molar refractivity (Wildman–Crippen MR) is 208 cm³/mol. The van der Waals surface area contributed by atoms with Crippen LogP contribution >= 0.6 is 0 Å². The van der Waals surface area contributed by atoms with Crippen LogP contribution in [-0.2, 0) is 5.41 Å². The average molecular weight is 651 g/mol. The molecule has 0 amide bonds. The fourth-order valence-corrected chi connectivity index (χ4v) is 8.70. The van der Waals surface area contributed by atoms with Gasteiger partial charge in [-0.25, -0.2) is 0 Å². The Morgan fingerprint density at radius 1 is 0.471 bits per heavy atom. The number of nitrogens with zero attached hydrogens (tertiary/aromatic N) is 4. The summed E-state index contributed by atoms with van der Waals surface area (Å²) < 4.78 is 4.65. The summed E-state index contributed by atoms with van der Waals surface area (Å²) in [5.41, 5.74) is 15.1. The van der Waals surface area contributed by atoms with Gasteiger partial charge in [0.2, 0.25) is 0 Å². The number of hydrogen-bond acceptors (Lipinski definition) is 2. The molecule has 0 atom stereocenters. The number of fused-ring (bicyclic) bond motifs is 10. The summed E-state index contributed by atoms with van der Waals surface area (Å²) in [6.45, 7) is 4.64. The van der Waals surface area contributed by atoms with Crippen molar-refractivity contribution in [3.05, 3.63) is 168 Å². The smallest absolute Gasteiger partial charge is 0.0991 e. The fourth-order valence-electron chi connectivity index (χ4n) is 8.70. The van der Waals surface area contributed by atoms with E-state index in [2.05, 4.69) is 163 Å². The minimum Gasteiger partial charge on any atom is -0.309 e. The maximum atomic E-state index is 9.95. The van der Waals surface area contributed by atoms with Gasteiger partial charge in [0.1, 0.15) is 0 Å². The molecule has 0 aliphatic heterocycles. The Kier molecular flexibility index (Phi) is 6.02. The van der Waals surface area contributed by atoms with Crippen molar-refractivity contribution in [3.63, 3.8) is 0 Å². The first-order valence-electron chi connectivity index (χ1n) is 17.2. The van der Waals surface area contributed by atoms with Crippen LogP contribution in [0.15, 0.2) is 146 Å². The monoisotopic (exact) mass is 650 g/mol. The molecule has 51 heavy (non-hydrogen) atoms. The Bertz CT molecular complexity index is 3030. The third-order valence-corrected chi connectivity index (χ3v) is 10.9. The molecule has 7 aromatic carbocycles. The number of hydrogen-bond donors (Lipinski definition) is 0.